The highest BCUT2D eigenvalue weighted by Gasteiger charge is 2.40. The molecule has 0 bridgehead atoms. The van der Waals surface area contributed by atoms with E-state index in [9.17, 15) is 0 Å². The molecule has 0 aliphatic rings. The second-order valence-corrected chi connectivity index (χ2v) is 25.7. The standard InChI is InChI=1S/C74H74N4O/c1-70(2,3)56-34-37-65-64(45-56)63-36-35-61(48-66(63)78(65)67-46-57(38-39-75-67)71(4,5)6)79-62-43-53(51-28-20-15-21-29-51)42-60(47-62)77-49-76(59-41-52(50-26-18-14-19-27-50)40-58(44-59)72(7,8)9)68(73(10,11)54-30-22-16-23-31-54)69(77)74(12,13)55-32-24-17-25-33-55/h14-48H,1-13H3. The highest BCUT2D eigenvalue weighted by atomic mass is 16.5. The van der Waals surface area contributed by atoms with Gasteiger partial charge in [0.05, 0.1) is 33.8 Å². The lowest BCUT2D eigenvalue weighted by Crippen LogP contribution is -2.43. The Balaban J connectivity index is 1.18. The Kier molecular flexibility index (Phi) is 13.3. The van der Waals surface area contributed by atoms with E-state index < -0.39 is 10.8 Å². The first-order chi connectivity index (χ1) is 37.6. The Labute approximate surface area is 468 Å². The third-order valence-corrected chi connectivity index (χ3v) is 16.1. The molecule has 0 spiro atoms. The number of pyridine rings is 1. The molecule has 0 amide bonds. The number of imidazole rings is 1. The average molecular weight is 1040 g/mol. The van der Waals surface area contributed by atoms with Crippen LogP contribution in [0.2, 0.25) is 0 Å². The molecule has 0 unspecified atom stereocenters. The number of rotatable bonds is 11. The average Bonchev–Trinajstić information content (AvgIpc) is 3.90. The molecule has 5 nitrogen and oxygen atoms in total. The topological polar surface area (TPSA) is 35.9 Å². The van der Waals surface area contributed by atoms with Crippen LogP contribution in [0.1, 0.15) is 129 Å². The van der Waals surface area contributed by atoms with Gasteiger partial charge in [-0.15, -0.1) is 0 Å². The van der Waals surface area contributed by atoms with Crippen molar-refractivity contribution in [2.45, 2.75) is 117 Å². The first-order valence-corrected chi connectivity index (χ1v) is 27.9. The van der Waals surface area contributed by atoms with E-state index in [1.165, 1.54) is 38.8 Å². The molecule has 8 aromatic carbocycles. The molecule has 396 valence electrons. The fourth-order valence-corrected chi connectivity index (χ4v) is 11.4. The number of nitrogens with zero attached hydrogens (tertiary/aromatic N) is 4. The zero-order valence-electron chi connectivity index (χ0n) is 48.4. The van der Waals surface area contributed by atoms with Crippen molar-refractivity contribution in [2.24, 2.45) is 0 Å². The minimum Gasteiger partial charge on any atom is -0.458 e. The van der Waals surface area contributed by atoms with Gasteiger partial charge in [-0.2, -0.15) is 0 Å². The summed E-state index contributed by atoms with van der Waals surface area (Å²) in [5.74, 6) is 2.32. The van der Waals surface area contributed by atoms with Crippen LogP contribution in [0.15, 0.2) is 212 Å². The smallest absolute Gasteiger partial charge is 0.269 e. The van der Waals surface area contributed by atoms with Crippen LogP contribution in [0.3, 0.4) is 0 Å². The van der Waals surface area contributed by atoms with E-state index in [1.807, 2.05) is 6.20 Å². The van der Waals surface area contributed by atoms with Gasteiger partial charge in [0, 0.05) is 33.9 Å². The number of fused-ring (bicyclic) bond motifs is 3. The van der Waals surface area contributed by atoms with Gasteiger partial charge in [0.25, 0.3) is 6.33 Å². The summed E-state index contributed by atoms with van der Waals surface area (Å²) in [4.78, 5) is 5.04. The SMILES string of the molecule is CC(C)(C)c1cc(-c2ccccc2)cc(-[n+]2[c-]n(-c3cc(Oc4ccc5c6cc(C(C)(C)C)ccc6n(-c6cc(C(C)(C)C)ccn6)c5c4)cc(-c4ccccc4)c3)c(C(C)(C)c3ccccc3)c2C(C)(C)c2ccccc2)c1. The lowest BCUT2D eigenvalue weighted by Gasteiger charge is -2.35. The third kappa shape index (κ3) is 10.1. The van der Waals surface area contributed by atoms with E-state index in [0.717, 1.165) is 67.4 Å². The first-order valence-electron chi connectivity index (χ1n) is 27.9. The van der Waals surface area contributed by atoms with Crippen molar-refractivity contribution in [3.8, 4) is 50.9 Å². The predicted octanol–water partition coefficient (Wildman–Crippen LogP) is 18.7. The Bertz CT molecular complexity index is 4010. The zero-order chi connectivity index (χ0) is 55.6. The second kappa shape index (κ2) is 19.9. The minimum absolute atomic E-state index is 0.0240. The molecule has 0 atom stereocenters. The quantitative estimate of drug-likeness (QED) is 0.0956. The number of aromatic nitrogens is 4. The van der Waals surface area contributed by atoms with E-state index in [-0.39, 0.29) is 16.2 Å². The Morgan fingerprint density at radius 3 is 1.56 bits per heavy atom. The van der Waals surface area contributed by atoms with Crippen LogP contribution in [-0.2, 0) is 27.1 Å². The molecule has 0 saturated carbocycles. The molecule has 11 rings (SSSR count). The van der Waals surface area contributed by atoms with Crippen LogP contribution in [-0.4, -0.2) is 14.1 Å². The van der Waals surface area contributed by atoms with Crippen LogP contribution in [0, 0.1) is 6.33 Å². The molecule has 3 aromatic heterocycles. The largest absolute Gasteiger partial charge is 0.458 e. The molecular weight excluding hydrogens is 961 g/mol. The monoisotopic (exact) mass is 1030 g/mol. The molecule has 0 fully saturated rings. The molecule has 0 aliphatic heterocycles. The lowest BCUT2D eigenvalue weighted by atomic mass is 9.73. The van der Waals surface area contributed by atoms with Crippen molar-refractivity contribution in [1.29, 1.82) is 0 Å². The van der Waals surface area contributed by atoms with E-state index in [2.05, 4.69) is 316 Å². The maximum absolute atomic E-state index is 7.27. The number of benzene rings is 8. The van der Waals surface area contributed by atoms with Crippen LogP contribution in [0.5, 0.6) is 11.5 Å². The summed E-state index contributed by atoms with van der Waals surface area (Å²) < 4.78 is 14.3. The molecule has 11 aromatic rings. The van der Waals surface area contributed by atoms with Crippen molar-refractivity contribution in [1.82, 2.24) is 14.1 Å². The molecule has 5 heteroatoms. The van der Waals surface area contributed by atoms with Crippen molar-refractivity contribution >= 4 is 21.8 Å². The summed E-state index contributed by atoms with van der Waals surface area (Å²) in [7, 11) is 0. The van der Waals surface area contributed by atoms with Gasteiger partial charge in [-0.3, -0.25) is 13.7 Å². The van der Waals surface area contributed by atoms with Crippen molar-refractivity contribution in [3.05, 3.63) is 258 Å². The number of hydrogen-bond acceptors (Lipinski definition) is 2. The third-order valence-electron chi connectivity index (χ3n) is 16.1. The summed E-state index contributed by atoms with van der Waals surface area (Å²) in [5.41, 5.74) is 15.7. The molecule has 0 aliphatic carbocycles. The summed E-state index contributed by atoms with van der Waals surface area (Å²) >= 11 is 0. The highest BCUT2D eigenvalue weighted by molar-refractivity contribution is 6.09. The van der Waals surface area contributed by atoms with Crippen LogP contribution >= 0.6 is 0 Å². The Morgan fingerprint density at radius 1 is 0.405 bits per heavy atom. The van der Waals surface area contributed by atoms with E-state index in [4.69, 9.17) is 9.72 Å². The van der Waals surface area contributed by atoms with Crippen molar-refractivity contribution in [3.63, 3.8) is 0 Å². The van der Waals surface area contributed by atoms with Crippen LogP contribution in [0.25, 0.3) is 61.3 Å². The van der Waals surface area contributed by atoms with Crippen molar-refractivity contribution in [2.75, 3.05) is 0 Å². The van der Waals surface area contributed by atoms with Crippen LogP contribution < -0.4 is 9.30 Å². The molecule has 0 radical (unpaired) electrons. The van der Waals surface area contributed by atoms with Gasteiger partial charge >= 0.3 is 0 Å². The van der Waals surface area contributed by atoms with E-state index >= 15 is 0 Å². The first kappa shape index (κ1) is 52.8. The van der Waals surface area contributed by atoms with Crippen LogP contribution in [0.4, 0.5) is 0 Å². The van der Waals surface area contributed by atoms with Crippen molar-refractivity contribution < 1.29 is 9.30 Å². The maximum Gasteiger partial charge on any atom is 0.269 e. The second-order valence-electron chi connectivity index (χ2n) is 25.7. The summed E-state index contributed by atoms with van der Waals surface area (Å²) in [6.45, 7) is 30.0. The lowest BCUT2D eigenvalue weighted by molar-refractivity contribution is -0.611. The Morgan fingerprint density at radius 2 is 0.962 bits per heavy atom. The number of ether oxygens (including phenoxy) is 1. The normalized spacial score (nSPS) is 12.6. The van der Waals surface area contributed by atoms with Gasteiger partial charge in [-0.05, 0) is 133 Å². The summed E-state index contributed by atoms with van der Waals surface area (Å²) in [5, 5.41) is 2.34. The predicted molar refractivity (Wildman–Crippen MR) is 329 cm³/mol. The molecule has 0 saturated heterocycles. The van der Waals surface area contributed by atoms with Gasteiger partial charge in [0.1, 0.15) is 17.3 Å². The van der Waals surface area contributed by atoms with Gasteiger partial charge in [-0.25, -0.2) is 4.98 Å². The summed E-state index contributed by atoms with van der Waals surface area (Å²) in [6, 6.07) is 74.9. The fourth-order valence-electron chi connectivity index (χ4n) is 11.4. The zero-order valence-corrected chi connectivity index (χ0v) is 48.4. The number of hydrogen-bond donors (Lipinski definition) is 0. The molecule has 79 heavy (non-hydrogen) atoms. The maximum atomic E-state index is 7.27. The molecular formula is C74H74N4O. The van der Waals surface area contributed by atoms with Gasteiger partial charge in [0.2, 0.25) is 0 Å². The van der Waals surface area contributed by atoms with Gasteiger partial charge in [0.15, 0.2) is 0 Å². The Hall–Kier alpha value is -8.28. The minimum atomic E-state index is -0.540. The van der Waals surface area contributed by atoms with Gasteiger partial charge in [-0.1, -0.05) is 223 Å². The fraction of sp³-hybridized carbons (Fsp3) is 0.243. The molecule has 0 N–H and O–H groups in total. The van der Waals surface area contributed by atoms with Gasteiger partial charge < -0.3 is 4.74 Å². The van der Waals surface area contributed by atoms with E-state index in [0.29, 0.717) is 5.75 Å². The summed E-state index contributed by atoms with van der Waals surface area (Å²) in [6.07, 6.45) is 6.07. The highest BCUT2D eigenvalue weighted by Crippen LogP contribution is 2.45. The molecule has 3 heterocycles. The van der Waals surface area contributed by atoms with E-state index in [1.54, 1.807) is 0 Å².